The number of allylic oxidation sites excluding steroid dienone is 1. The highest BCUT2D eigenvalue weighted by molar-refractivity contribution is 9.10. The molecule has 2 heterocycles. The zero-order valence-electron chi connectivity index (χ0n) is 13.3. The zero-order valence-corrected chi connectivity index (χ0v) is 14.9. The maximum Gasteiger partial charge on any atom is 0.220 e. The predicted octanol–water partition coefficient (Wildman–Crippen LogP) is 5.72. The van der Waals surface area contributed by atoms with E-state index in [-0.39, 0.29) is 0 Å². The Morgan fingerprint density at radius 2 is 1.92 bits per heavy atom. The van der Waals surface area contributed by atoms with Crippen LogP contribution >= 0.6 is 15.9 Å². The Balaban J connectivity index is 2.21. The highest BCUT2D eigenvalue weighted by atomic mass is 79.9. The first-order valence-electron chi connectivity index (χ1n) is 7.77. The predicted molar refractivity (Wildman–Crippen MR) is 105 cm³/mol. The van der Waals surface area contributed by atoms with Gasteiger partial charge in [0.15, 0.2) is 0 Å². The van der Waals surface area contributed by atoms with E-state index >= 15 is 0 Å². The number of nitrogens with zero attached hydrogens (tertiary/aromatic N) is 3. The van der Waals surface area contributed by atoms with Crippen LogP contribution in [0.25, 0.3) is 34.7 Å². The average Bonchev–Trinajstić information content (AvgIpc) is 3.09. The van der Waals surface area contributed by atoms with Gasteiger partial charge in [-0.15, -0.1) is 0 Å². The Hall–Kier alpha value is -2.59. The summed E-state index contributed by atoms with van der Waals surface area (Å²) in [6.45, 7) is 6.05. The van der Waals surface area contributed by atoms with Crippen LogP contribution in [0.1, 0.15) is 18.3 Å². The molecule has 0 N–H and O–H groups in total. The molecule has 0 aliphatic carbocycles. The standard InChI is InChI=1S/C20H16BrN3/c1-3-8-19-17(4-2)23(15-10-7-9-14(21)13-15)20-22-16-11-5-6-12-18(16)24(19)20/h3-13H,2H2,1H3/b8-3-. The first kappa shape index (κ1) is 15.0. The fourth-order valence-electron chi connectivity index (χ4n) is 3.12. The van der Waals surface area contributed by atoms with Crippen LogP contribution in [0.15, 0.2) is 65.7 Å². The molecule has 0 aliphatic heterocycles. The summed E-state index contributed by atoms with van der Waals surface area (Å²) >= 11 is 3.56. The van der Waals surface area contributed by atoms with Crippen molar-refractivity contribution in [3.63, 3.8) is 0 Å². The van der Waals surface area contributed by atoms with Gasteiger partial charge in [-0.05, 0) is 49.4 Å². The van der Waals surface area contributed by atoms with Crippen molar-refractivity contribution in [2.24, 2.45) is 0 Å². The Morgan fingerprint density at radius 3 is 2.67 bits per heavy atom. The number of benzene rings is 2. The zero-order chi connectivity index (χ0) is 16.7. The van der Waals surface area contributed by atoms with E-state index in [1.807, 2.05) is 49.4 Å². The second-order valence-corrected chi connectivity index (χ2v) is 6.44. The Kier molecular flexibility index (Phi) is 3.62. The SMILES string of the molecule is C=Cc1c(/C=C\C)n2c3ccccc3nc2n1-c1cccc(Br)c1. The Labute approximate surface area is 148 Å². The van der Waals surface area contributed by atoms with E-state index in [9.17, 15) is 0 Å². The summed E-state index contributed by atoms with van der Waals surface area (Å²) in [7, 11) is 0. The van der Waals surface area contributed by atoms with Gasteiger partial charge in [-0.3, -0.25) is 8.97 Å². The lowest BCUT2D eigenvalue weighted by molar-refractivity contribution is 1.06. The summed E-state index contributed by atoms with van der Waals surface area (Å²) < 4.78 is 5.37. The lowest BCUT2D eigenvalue weighted by Gasteiger charge is -2.07. The van der Waals surface area contributed by atoms with E-state index < -0.39 is 0 Å². The molecule has 0 saturated carbocycles. The van der Waals surface area contributed by atoms with Crippen molar-refractivity contribution < 1.29 is 0 Å². The molecule has 0 aliphatic rings. The third-order valence-electron chi connectivity index (χ3n) is 4.07. The summed E-state index contributed by atoms with van der Waals surface area (Å²) in [5.74, 6) is 0.886. The van der Waals surface area contributed by atoms with Gasteiger partial charge in [0.25, 0.3) is 0 Å². The third-order valence-corrected chi connectivity index (χ3v) is 4.56. The molecule has 0 fully saturated rings. The van der Waals surface area contributed by atoms with E-state index in [1.54, 1.807) is 0 Å². The highest BCUT2D eigenvalue weighted by Gasteiger charge is 2.19. The maximum atomic E-state index is 4.86. The number of hydrogen-bond donors (Lipinski definition) is 0. The fourth-order valence-corrected chi connectivity index (χ4v) is 3.51. The van der Waals surface area contributed by atoms with E-state index in [1.165, 1.54) is 0 Å². The van der Waals surface area contributed by atoms with Crippen LogP contribution in [0.3, 0.4) is 0 Å². The minimum Gasteiger partial charge on any atom is -0.278 e. The third kappa shape index (κ3) is 2.14. The molecule has 2 aromatic heterocycles. The van der Waals surface area contributed by atoms with Crippen LogP contribution in [-0.2, 0) is 0 Å². The molecule has 0 unspecified atom stereocenters. The number of aromatic nitrogens is 3. The summed E-state index contributed by atoms with van der Waals surface area (Å²) in [5.41, 5.74) is 5.24. The molecule has 24 heavy (non-hydrogen) atoms. The number of para-hydroxylation sites is 2. The van der Waals surface area contributed by atoms with Gasteiger partial charge in [-0.25, -0.2) is 4.98 Å². The second-order valence-electron chi connectivity index (χ2n) is 5.53. The monoisotopic (exact) mass is 377 g/mol. The molecule has 118 valence electrons. The second kappa shape index (κ2) is 5.80. The number of fused-ring (bicyclic) bond motifs is 3. The molecule has 4 aromatic rings. The summed E-state index contributed by atoms with van der Waals surface area (Å²) in [5, 5.41) is 0. The highest BCUT2D eigenvalue weighted by Crippen LogP contribution is 2.29. The van der Waals surface area contributed by atoms with Crippen LogP contribution in [0.2, 0.25) is 0 Å². The van der Waals surface area contributed by atoms with Gasteiger partial charge in [-0.1, -0.05) is 46.8 Å². The van der Waals surface area contributed by atoms with Gasteiger partial charge in [0, 0.05) is 4.47 Å². The molecule has 0 saturated heterocycles. The molecule has 3 nitrogen and oxygen atoms in total. The summed E-state index contributed by atoms with van der Waals surface area (Å²) in [6.07, 6.45) is 6.04. The van der Waals surface area contributed by atoms with E-state index in [0.717, 1.165) is 38.4 Å². The quantitative estimate of drug-likeness (QED) is 0.447. The number of imidazole rings is 2. The molecule has 0 spiro atoms. The summed E-state index contributed by atoms with van der Waals surface area (Å²) in [4.78, 5) is 4.86. The van der Waals surface area contributed by atoms with Crippen LogP contribution in [0.4, 0.5) is 0 Å². The molecule has 0 atom stereocenters. The average molecular weight is 378 g/mol. The van der Waals surface area contributed by atoms with Crippen molar-refractivity contribution in [3.8, 4) is 5.69 Å². The molecule has 4 heteroatoms. The van der Waals surface area contributed by atoms with E-state index in [2.05, 4.69) is 55.8 Å². The summed E-state index contributed by atoms with van der Waals surface area (Å²) in [6, 6.07) is 16.4. The van der Waals surface area contributed by atoms with Crippen LogP contribution in [0, 0.1) is 0 Å². The van der Waals surface area contributed by atoms with Crippen LogP contribution in [-0.4, -0.2) is 14.0 Å². The largest absolute Gasteiger partial charge is 0.278 e. The van der Waals surface area contributed by atoms with Crippen molar-refractivity contribution in [3.05, 3.63) is 77.0 Å². The van der Waals surface area contributed by atoms with Gasteiger partial charge in [0.05, 0.1) is 28.1 Å². The van der Waals surface area contributed by atoms with Crippen molar-refractivity contribution in [1.82, 2.24) is 14.0 Å². The topological polar surface area (TPSA) is 22.2 Å². The Bertz CT molecular complexity index is 1100. The van der Waals surface area contributed by atoms with Gasteiger partial charge >= 0.3 is 0 Å². The van der Waals surface area contributed by atoms with Crippen LogP contribution < -0.4 is 0 Å². The lowest BCUT2D eigenvalue weighted by atomic mass is 10.2. The van der Waals surface area contributed by atoms with Crippen LogP contribution in [0.5, 0.6) is 0 Å². The molecule has 4 rings (SSSR count). The lowest BCUT2D eigenvalue weighted by Crippen LogP contribution is -1.97. The van der Waals surface area contributed by atoms with Crippen molar-refractivity contribution in [1.29, 1.82) is 0 Å². The molecule has 0 bridgehead atoms. The fraction of sp³-hybridized carbons (Fsp3) is 0.0500. The first-order valence-corrected chi connectivity index (χ1v) is 8.57. The number of rotatable bonds is 3. The number of halogens is 1. The van der Waals surface area contributed by atoms with Crippen molar-refractivity contribution in [2.75, 3.05) is 0 Å². The van der Waals surface area contributed by atoms with E-state index in [0.29, 0.717) is 0 Å². The number of hydrogen-bond acceptors (Lipinski definition) is 1. The first-order chi connectivity index (χ1) is 11.7. The van der Waals surface area contributed by atoms with Gasteiger partial charge in [0.2, 0.25) is 5.78 Å². The smallest absolute Gasteiger partial charge is 0.220 e. The molecule has 0 radical (unpaired) electrons. The molecular formula is C20H16BrN3. The van der Waals surface area contributed by atoms with Gasteiger partial charge in [-0.2, -0.15) is 0 Å². The normalized spacial score (nSPS) is 11.8. The minimum atomic E-state index is 0.886. The molecule has 0 amide bonds. The van der Waals surface area contributed by atoms with Crippen molar-refractivity contribution >= 4 is 44.9 Å². The van der Waals surface area contributed by atoms with Gasteiger partial charge < -0.3 is 0 Å². The molecule has 2 aromatic carbocycles. The maximum absolute atomic E-state index is 4.86. The molecular weight excluding hydrogens is 362 g/mol. The Morgan fingerprint density at radius 1 is 1.08 bits per heavy atom. The minimum absolute atomic E-state index is 0.886. The van der Waals surface area contributed by atoms with Gasteiger partial charge in [0.1, 0.15) is 0 Å². The van der Waals surface area contributed by atoms with Crippen molar-refractivity contribution in [2.45, 2.75) is 6.92 Å². The van der Waals surface area contributed by atoms with E-state index in [4.69, 9.17) is 4.98 Å².